The third kappa shape index (κ3) is 3.29. The third-order valence-corrected chi connectivity index (χ3v) is 2.54. The number of aryl methyl sites for hydroxylation is 1. The Morgan fingerprint density at radius 1 is 1.47 bits per heavy atom. The second-order valence-corrected chi connectivity index (χ2v) is 3.96. The number of nitrogens with two attached hydrogens (primary N) is 1. The van der Waals surface area contributed by atoms with Crippen molar-refractivity contribution in [2.24, 2.45) is 11.7 Å². The van der Waals surface area contributed by atoms with Crippen molar-refractivity contribution in [2.75, 3.05) is 11.9 Å². The molecule has 1 rings (SSSR count). The average Bonchev–Trinajstić information content (AvgIpc) is 2.30. The van der Waals surface area contributed by atoms with Crippen molar-refractivity contribution in [1.29, 1.82) is 0 Å². The van der Waals surface area contributed by atoms with E-state index >= 15 is 0 Å². The Labute approximate surface area is 99.6 Å². The first-order valence-corrected chi connectivity index (χ1v) is 5.30. The number of carboxylic acid groups (broad SMARTS) is 1. The molecule has 4 N–H and O–H groups in total. The fraction of sp³-hybridized carbons (Fsp3) is 0.333. The number of benzene rings is 1. The molecule has 0 aliphatic carbocycles. The minimum Gasteiger partial charge on any atom is -0.478 e. The van der Waals surface area contributed by atoms with Gasteiger partial charge in [0.2, 0.25) is 5.91 Å². The second-order valence-electron chi connectivity index (χ2n) is 3.96. The molecular weight excluding hydrogens is 220 g/mol. The van der Waals surface area contributed by atoms with Crippen molar-refractivity contribution in [3.05, 3.63) is 29.3 Å². The Bertz CT molecular complexity index is 443. The summed E-state index contributed by atoms with van der Waals surface area (Å²) in [6, 6.07) is 4.77. The number of hydrogen-bond acceptors (Lipinski definition) is 3. The Hall–Kier alpha value is -1.88. The summed E-state index contributed by atoms with van der Waals surface area (Å²) in [6.07, 6.45) is 0. The number of nitrogens with one attached hydrogen (secondary N) is 1. The quantitative estimate of drug-likeness (QED) is 0.733. The molecule has 0 aliphatic heterocycles. The molecule has 1 amide bonds. The highest BCUT2D eigenvalue weighted by Crippen LogP contribution is 2.16. The minimum absolute atomic E-state index is 0.184. The summed E-state index contributed by atoms with van der Waals surface area (Å²) in [5, 5.41) is 11.6. The van der Waals surface area contributed by atoms with E-state index in [9.17, 15) is 9.59 Å². The van der Waals surface area contributed by atoms with Crippen LogP contribution in [0.5, 0.6) is 0 Å². The van der Waals surface area contributed by atoms with Crippen molar-refractivity contribution >= 4 is 17.6 Å². The van der Waals surface area contributed by atoms with Gasteiger partial charge in [-0.25, -0.2) is 4.79 Å². The summed E-state index contributed by atoms with van der Waals surface area (Å²) >= 11 is 0. The van der Waals surface area contributed by atoms with Gasteiger partial charge in [0.1, 0.15) is 0 Å². The van der Waals surface area contributed by atoms with Crippen LogP contribution in [0.3, 0.4) is 0 Å². The van der Waals surface area contributed by atoms with E-state index < -0.39 is 5.97 Å². The minimum atomic E-state index is -1.01. The SMILES string of the molecule is Cc1ccc(NC(=O)C(C)CN)cc1C(=O)O. The van der Waals surface area contributed by atoms with Crippen LogP contribution in [-0.4, -0.2) is 23.5 Å². The van der Waals surface area contributed by atoms with Crippen LogP contribution in [0.2, 0.25) is 0 Å². The fourth-order valence-electron chi connectivity index (χ4n) is 1.30. The van der Waals surface area contributed by atoms with E-state index in [4.69, 9.17) is 10.8 Å². The van der Waals surface area contributed by atoms with Gasteiger partial charge < -0.3 is 16.2 Å². The first-order valence-electron chi connectivity index (χ1n) is 5.30. The number of carboxylic acids is 1. The molecule has 0 bridgehead atoms. The monoisotopic (exact) mass is 236 g/mol. The van der Waals surface area contributed by atoms with Crippen molar-refractivity contribution in [2.45, 2.75) is 13.8 Å². The molecule has 0 heterocycles. The third-order valence-electron chi connectivity index (χ3n) is 2.54. The van der Waals surface area contributed by atoms with Crippen LogP contribution in [-0.2, 0) is 4.79 Å². The highest BCUT2D eigenvalue weighted by atomic mass is 16.4. The topological polar surface area (TPSA) is 92.4 Å². The van der Waals surface area contributed by atoms with Gasteiger partial charge in [-0.2, -0.15) is 0 Å². The van der Waals surface area contributed by atoms with E-state index in [1.165, 1.54) is 6.07 Å². The number of hydrogen-bond donors (Lipinski definition) is 3. The van der Waals surface area contributed by atoms with Crippen LogP contribution < -0.4 is 11.1 Å². The molecule has 0 fully saturated rings. The lowest BCUT2D eigenvalue weighted by molar-refractivity contribution is -0.119. The van der Waals surface area contributed by atoms with Crippen LogP contribution in [0.4, 0.5) is 5.69 Å². The zero-order chi connectivity index (χ0) is 13.0. The number of amides is 1. The smallest absolute Gasteiger partial charge is 0.336 e. The Morgan fingerprint density at radius 2 is 2.12 bits per heavy atom. The van der Waals surface area contributed by atoms with Crippen LogP contribution in [0.1, 0.15) is 22.8 Å². The van der Waals surface area contributed by atoms with Crippen LogP contribution >= 0.6 is 0 Å². The number of carbonyl (C=O) groups excluding carboxylic acids is 1. The van der Waals surface area contributed by atoms with E-state index in [-0.39, 0.29) is 23.9 Å². The molecule has 1 aromatic carbocycles. The molecule has 92 valence electrons. The van der Waals surface area contributed by atoms with Crippen LogP contribution in [0.25, 0.3) is 0 Å². The maximum absolute atomic E-state index is 11.6. The van der Waals surface area contributed by atoms with E-state index in [2.05, 4.69) is 5.32 Å². The van der Waals surface area contributed by atoms with Crippen LogP contribution in [0.15, 0.2) is 18.2 Å². The lowest BCUT2D eigenvalue weighted by Crippen LogP contribution is -2.26. The van der Waals surface area contributed by atoms with Gasteiger partial charge in [-0.1, -0.05) is 13.0 Å². The molecule has 0 spiro atoms. The van der Waals surface area contributed by atoms with Gasteiger partial charge >= 0.3 is 5.97 Å². The van der Waals surface area contributed by atoms with Gasteiger partial charge in [-0.05, 0) is 24.6 Å². The number of aromatic carboxylic acids is 1. The fourth-order valence-corrected chi connectivity index (χ4v) is 1.30. The molecule has 0 aromatic heterocycles. The van der Waals surface area contributed by atoms with E-state index in [1.807, 2.05) is 0 Å². The molecule has 5 nitrogen and oxygen atoms in total. The van der Waals surface area contributed by atoms with Crippen molar-refractivity contribution in [3.63, 3.8) is 0 Å². The van der Waals surface area contributed by atoms with Gasteiger partial charge in [-0.15, -0.1) is 0 Å². The van der Waals surface area contributed by atoms with Gasteiger partial charge in [0.15, 0.2) is 0 Å². The molecule has 0 radical (unpaired) electrons. The molecule has 5 heteroatoms. The first kappa shape index (κ1) is 13.2. The number of rotatable bonds is 4. The highest BCUT2D eigenvalue weighted by molar-refractivity contribution is 5.95. The van der Waals surface area contributed by atoms with Crippen molar-refractivity contribution in [3.8, 4) is 0 Å². The molecule has 0 saturated carbocycles. The number of anilines is 1. The Morgan fingerprint density at radius 3 is 2.65 bits per heavy atom. The molecule has 1 unspecified atom stereocenters. The highest BCUT2D eigenvalue weighted by Gasteiger charge is 2.13. The Kier molecular flexibility index (Phi) is 4.23. The molecule has 1 atom stereocenters. The molecule has 0 aliphatic rings. The molecule has 0 saturated heterocycles. The average molecular weight is 236 g/mol. The summed E-state index contributed by atoms with van der Waals surface area (Å²) in [6.45, 7) is 3.67. The van der Waals surface area contributed by atoms with Gasteiger partial charge in [0.05, 0.1) is 5.56 Å². The molecular formula is C12H16N2O3. The zero-order valence-corrected chi connectivity index (χ0v) is 9.86. The normalized spacial score (nSPS) is 11.9. The summed E-state index contributed by atoms with van der Waals surface area (Å²) in [5.41, 5.74) is 6.68. The zero-order valence-electron chi connectivity index (χ0n) is 9.86. The van der Waals surface area contributed by atoms with E-state index in [0.29, 0.717) is 11.3 Å². The van der Waals surface area contributed by atoms with Gasteiger partial charge in [0, 0.05) is 18.2 Å². The van der Waals surface area contributed by atoms with Crippen molar-refractivity contribution < 1.29 is 14.7 Å². The van der Waals surface area contributed by atoms with Crippen LogP contribution in [0, 0.1) is 12.8 Å². The standard InChI is InChI=1S/C12H16N2O3/c1-7-3-4-9(5-10(7)12(16)17)14-11(15)8(2)6-13/h3-5,8H,6,13H2,1-2H3,(H,14,15)(H,16,17). The first-order chi connectivity index (χ1) is 7.95. The van der Waals surface area contributed by atoms with Crippen molar-refractivity contribution in [1.82, 2.24) is 0 Å². The molecule has 1 aromatic rings. The summed E-state index contributed by atoms with van der Waals surface area (Å²) in [5.74, 6) is -1.53. The van der Waals surface area contributed by atoms with Gasteiger partial charge in [0.25, 0.3) is 0 Å². The number of carbonyl (C=O) groups is 2. The summed E-state index contributed by atoms with van der Waals surface area (Å²) in [4.78, 5) is 22.5. The van der Waals surface area contributed by atoms with Gasteiger partial charge in [-0.3, -0.25) is 4.79 Å². The maximum Gasteiger partial charge on any atom is 0.336 e. The largest absolute Gasteiger partial charge is 0.478 e. The van der Waals surface area contributed by atoms with E-state index in [1.54, 1.807) is 26.0 Å². The lowest BCUT2D eigenvalue weighted by Gasteiger charge is -2.11. The predicted molar refractivity (Wildman–Crippen MR) is 65.0 cm³/mol. The second kappa shape index (κ2) is 5.45. The lowest BCUT2D eigenvalue weighted by atomic mass is 10.1. The predicted octanol–water partition coefficient (Wildman–Crippen LogP) is 1.23. The van der Waals surface area contributed by atoms with E-state index in [0.717, 1.165) is 0 Å². The maximum atomic E-state index is 11.6. The summed E-state index contributed by atoms with van der Waals surface area (Å²) < 4.78 is 0. The summed E-state index contributed by atoms with van der Waals surface area (Å²) in [7, 11) is 0. The molecule has 17 heavy (non-hydrogen) atoms. The Balaban J connectivity index is 2.90.